The second kappa shape index (κ2) is 8.25. The molecule has 142 valence electrons. The zero-order valence-electron chi connectivity index (χ0n) is 15.4. The molecule has 4 rings (SSSR count). The molecule has 5 nitrogen and oxygen atoms in total. The maximum Gasteiger partial charge on any atom is 0.135 e. The average molecular weight is 374 g/mol. The molecule has 0 amide bonds. The summed E-state index contributed by atoms with van der Waals surface area (Å²) in [6.45, 7) is 0.282. The van der Waals surface area contributed by atoms with Crippen LogP contribution in [-0.4, -0.2) is 32.5 Å². The lowest BCUT2D eigenvalue weighted by Crippen LogP contribution is -2.24. The van der Waals surface area contributed by atoms with Gasteiger partial charge in [0.25, 0.3) is 0 Å². The van der Waals surface area contributed by atoms with Crippen LogP contribution in [0.5, 0.6) is 5.75 Å². The van der Waals surface area contributed by atoms with Gasteiger partial charge in [0, 0.05) is 0 Å². The zero-order valence-corrected chi connectivity index (χ0v) is 15.4. The van der Waals surface area contributed by atoms with Gasteiger partial charge < -0.3 is 19.5 Å². The van der Waals surface area contributed by atoms with Gasteiger partial charge in [-0.1, -0.05) is 54.6 Å². The van der Waals surface area contributed by atoms with Gasteiger partial charge in [0.05, 0.1) is 17.6 Å². The molecule has 1 unspecified atom stereocenters. The number of hydrogen-bond donors (Lipinski definition) is 2. The monoisotopic (exact) mass is 374 g/mol. The van der Waals surface area contributed by atoms with Crippen molar-refractivity contribution >= 4 is 11.0 Å². The lowest BCUT2D eigenvalue weighted by molar-refractivity contribution is 0.0915. The average Bonchev–Trinajstić information content (AvgIpc) is 3.11. The highest BCUT2D eigenvalue weighted by molar-refractivity contribution is 5.75. The number of nitrogens with zero attached hydrogens (tertiary/aromatic N) is 2. The van der Waals surface area contributed by atoms with Crippen LogP contribution in [-0.2, 0) is 13.2 Å². The van der Waals surface area contributed by atoms with Crippen LogP contribution in [0.3, 0.4) is 0 Å². The first-order valence-corrected chi connectivity index (χ1v) is 9.26. The molecule has 0 radical (unpaired) electrons. The summed E-state index contributed by atoms with van der Waals surface area (Å²) >= 11 is 0. The second-order valence-electron chi connectivity index (χ2n) is 6.64. The van der Waals surface area contributed by atoms with Crippen LogP contribution in [0.25, 0.3) is 22.2 Å². The van der Waals surface area contributed by atoms with Crippen molar-refractivity contribution in [1.82, 2.24) is 9.55 Å². The highest BCUT2D eigenvalue weighted by atomic mass is 16.5. The van der Waals surface area contributed by atoms with E-state index in [0.717, 1.165) is 22.2 Å². The number of hydrogen-bond acceptors (Lipinski definition) is 4. The zero-order chi connectivity index (χ0) is 19.3. The quantitative estimate of drug-likeness (QED) is 0.518. The van der Waals surface area contributed by atoms with Gasteiger partial charge in [0.2, 0.25) is 0 Å². The van der Waals surface area contributed by atoms with E-state index >= 15 is 0 Å². The topological polar surface area (TPSA) is 67.5 Å². The van der Waals surface area contributed by atoms with E-state index < -0.39 is 6.10 Å². The maximum atomic E-state index is 10.4. The Hall–Kier alpha value is -3.15. The highest BCUT2D eigenvalue weighted by Gasteiger charge is 2.14. The molecule has 0 bridgehead atoms. The van der Waals surface area contributed by atoms with Crippen molar-refractivity contribution in [1.29, 1.82) is 0 Å². The number of fused-ring (bicyclic) bond motifs is 1. The Bertz CT molecular complexity index is 1040. The lowest BCUT2D eigenvalue weighted by Gasteiger charge is -2.15. The number of para-hydroxylation sites is 2. The van der Waals surface area contributed by atoms with E-state index in [4.69, 9.17) is 4.74 Å². The second-order valence-corrected chi connectivity index (χ2v) is 6.64. The van der Waals surface area contributed by atoms with E-state index in [-0.39, 0.29) is 13.2 Å². The van der Waals surface area contributed by atoms with Crippen LogP contribution in [0, 0.1) is 0 Å². The van der Waals surface area contributed by atoms with Crippen LogP contribution in [0.15, 0.2) is 78.9 Å². The summed E-state index contributed by atoms with van der Waals surface area (Å²) in [5.74, 6) is 1.24. The van der Waals surface area contributed by atoms with Crippen molar-refractivity contribution in [3.63, 3.8) is 0 Å². The summed E-state index contributed by atoms with van der Waals surface area (Å²) in [5.41, 5.74) is 3.96. The van der Waals surface area contributed by atoms with E-state index in [1.54, 1.807) is 0 Å². The van der Waals surface area contributed by atoms with Crippen molar-refractivity contribution in [3.05, 3.63) is 84.7 Å². The third-order valence-electron chi connectivity index (χ3n) is 4.67. The molecule has 0 aliphatic heterocycles. The summed E-state index contributed by atoms with van der Waals surface area (Å²) in [4.78, 5) is 4.40. The number of benzene rings is 3. The van der Waals surface area contributed by atoms with E-state index in [9.17, 15) is 10.2 Å². The molecule has 28 heavy (non-hydrogen) atoms. The standard InChI is InChI=1S/C23H22N2O3/c26-15-23-24-21-8-4-5-9-22(21)25(23)14-19(27)16-28-20-12-10-18(11-13-20)17-6-2-1-3-7-17/h1-13,19,26-27H,14-16H2. The van der Waals surface area contributed by atoms with E-state index in [1.165, 1.54) is 0 Å². The smallest absolute Gasteiger partial charge is 0.135 e. The molecule has 1 atom stereocenters. The molecule has 0 saturated heterocycles. The number of imidazole rings is 1. The van der Waals surface area contributed by atoms with E-state index in [0.29, 0.717) is 18.1 Å². The summed E-state index contributed by atoms with van der Waals surface area (Å²) < 4.78 is 7.58. The number of ether oxygens (including phenoxy) is 1. The van der Waals surface area contributed by atoms with Crippen molar-refractivity contribution < 1.29 is 14.9 Å². The molecule has 2 N–H and O–H groups in total. The third kappa shape index (κ3) is 3.91. The molecule has 0 saturated carbocycles. The first-order valence-electron chi connectivity index (χ1n) is 9.26. The SMILES string of the molecule is OCc1nc2ccccc2n1CC(O)COc1ccc(-c2ccccc2)cc1. The van der Waals surface area contributed by atoms with E-state index in [2.05, 4.69) is 17.1 Å². The molecule has 0 aliphatic carbocycles. The van der Waals surface area contributed by atoms with Gasteiger partial charge in [-0.2, -0.15) is 0 Å². The number of rotatable bonds is 7. The van der Waals surface area contributed by atoms with Crippen molar-refractivity contribution in [2.24, 2.45) is 0 Å². The third-order valence-corrected chi connectivity index (χ3v) is 4.67. The van der Waals surface area contributed by atoms with Crippen LogP contribution in [0.2, 0.25) is 0 Å². The molecular formula is C23H22N2O3. The van der Waals surface area contributed by atoms with Crippen LogP contribution in [0.1, 0.15) is 5.82 Å². The Morgan fingerprint density at radius 2 is 1.54 bits per heavy atom. The molecular weight excluding hydrogens is 352 g/mol. The molecule has 1 heterocycles. The first-order chi connectivity index (χ1) is 13.7. The molecule has 1 aromatic heterocycles. The van der Waals surface area contributed by atoms with Gasteiger partial charge >= 0.3 is 0 Å². The molecule has 4 aromatic rings. The first kappa shape index (κ1) is 18.2. The minimum atomic E-state index is -0.725. The number of aromatic nitrogens is 2. The molecule has 5 heteroatoms. The fourth-order valence-electron chi connectivity index (χ4n) is 3.28. The predicted molar refractivity (Wildman–Crippen MR) is 109 cm³/mol. The Balaban J connectivity index is 1.40. The predicted octanol–water partition coefficient (Wildman–Crippen LogP) is 3.64. The maximum absolute atomic E-state index is 10.4. The number of aliphatic hydroxyl groups excluding tert-OH is 2. The molecule has 0 fully saturated rings. The molecule has 3 aromatic carbocycles. The largest absolute Gasteiger partial charge is 0.491 e. The van der Waals surface area contributed by atoms with Gasteiger partial charge in [-0.05, 0) is 35.4 Å². The Morgan fingerprint density at radius 1 is 0.857 bits per heavy atom. The lowest BCUT2D eigenvalue weighted by atomic mass is 10.1. The summed E-state index contributed by atoms with van der Waals surface area (Å²) in [7, 11) is 0. The van der Waals surface area contributed by atoms with Gasteiger partial charge in [-0.3, -0.25) is 0 Å². The summed E-state index contributed by atoms with van der Waals surface area (Å²) in [6, 6.07) is 25.6. The van der Waals surface area contributed by atoms with Crippen molar-refractivity contribution in [2.75, 3.05) is 6.61 Å². The minimum Gasteiger partial charge on any atom is -0.491 e. The van der Waals surface area contributed by atoms with Crippen LogP contribution in [0.4, 0.5) is 0 Å². The Morgan fingerprint density at radius 3 is 2.29 bits per heavy atom. The fourth-order valence-corrected chi connectivity index (χ4v) is 3.28. The van der Waals surface area contributed by atoms with Gasteiger partial charge in [0.15, 0.2) is 0 Å². The minimum absolute atomic E-state index is 0.155. The molecule has 0 spiro atoms. The van der Waals surface area contributed by atoms with Crippen LogP contribution >= 0.6 is 0 Å². The molecule has 0 aliphatic rings. The Kier molecular flexibility index (Phi) is 5.37. The Labute approximate surface area is 163 Å². The van der Waals surface area contributed by atoms with Crippen molar-refractivity contribution in [2.45, 2.75) is 19.3 Å². The summed E-state index contributed by atoms with van der Waals surface area (Å²) in [5, 5.41) is 20.0. The summed E-state index contributed by atoms with van der Waals surface area (Å²) in [6.07, 6.45) is -0.725. The van der Waals surface area contributed by atoms with Gasteiger partial charge in [-0.15, -0.1) is 0 Å². The van der Waals surface area contributed by atoms with Crippen molar-refractivity contribution in [3.8, 4) is 16.9 Å². The normalized spacial score (nSPS) is 12.2. The van der Waals surface area contributed by atoms with Gasteiger partial charge in [0.1, 0.15) is 30.9 Å². The number of aliphatic hydroxyl groups is 2. The van der Waals surface area contributed by atoms with Crippen LogP contribution < -0.4 is 4.74 Å². The van der Waals surface area contributed by atoms with E-state index in [1.807, 2.05) is 71.3 Å². The fraction of sp³-hybridized carbons (Fsp3) is 0.174. The van der Waals surface area contributed by atoms with Gasteiger partial charge in [-0.25, -0.2) is 4.98 Å². The highest BCUT2D eigenvalue weighted by Crippen LogP contribution is 2.22.